The average Bonchev–Trinajstić information content (AvgIpc) is 2.71. The van der Waals surface area contributed by atoms with Crippen LogP contribution in [0, 0.1) is 23.2 Å². The van der Waals surface area contributed by atoms with Gasteiger partial charge in [-0.05, 0) is 36.8 Å². The summed E-state index contributed by atoms with van der Waals surface area (Å²) in [5.41, 5.74) is 1.50. The number of hydrogen-bond acceptors (Lipinski definition) is 3. The predicted molar refractivity (Wildman–Crippen MR) is 68.5 cm³/mol. The van der Waals surface area contributed by atoms with Crippen LogP contribution in [0.3, 0.4) is 0 Å². The van der Waals surface area contributed by atoms with E-state index in [-0.39, 0.29) is 0 Å². The van der Waals surface area contributed by atoms with Crippen LogP contribution in [0.25, 0.3) is 0 Å². The fourth-order valence-corrected chi connectivity index (χ4v) is 2.79. The fraction of sp³-hybridized carbons (Fsp3) is 0.571. The second kappa shape index (κ2) is 5.18. The van der Waals surface area contributed by atoms with Crippen molar-refractivity contribution in [2.45, 2.75) is 39.2 Å². The summed E-state index contributed by atoms with van der Waals surface area (Å²) in [7, 11) is 0. The van der Waals surface area contributed by atoms with Crippen molar-refractivity contribution in [2.24, 2.45) is 11.8 Å². The fourth-order valence-electron chi connectivity index (χ4n) is 2.79. The van der Waals surface area contributed by atoms with E-state index in [4.69, 9.17) is 5.26 Å². The number of nitrogens with one attached hydrogen (secondary N) is 1. The summed E-state index contributed by atoms with van der Waals surface area (Å²) in [6.45, 7) is 4.60. The van der Waals surface area contributed by atoms with E-state index >= 15 is 0 Å². The monoisotopic (exact) mass is 229 g/mol. The second-order valence-electron chi connectivity index (χ2n) is 4.90. The van der Waals surface area contributed by atoms with Gasteiger partial charge in [-0.25, -0.2) is 4.98 Å². The molecule has 3 heteroatoms. The lowest BCUT2D eigenvalue weighted by Gasteiger charge is -2.21. The maximum Gasteiger partial charge on any atom is 0.140 e. The Morgan fingerprint density at radius 1 is 1.47 bits per heavy atom. The maximum absolute atomic E-state index is 8.69. The molecule has 3 nitrogen and oxygen atoms in total. The van der Waals surface area contributed by atoms with E-state index in [0.717, 1.165) is 17.5 Å². The van der Waals surface area contributed by atoms with E-state index in [2.05, 4.69) is 24.1 Å². The van der Waals surface area contributed by atoms with Crippen molar-refractivity contribution in [2.75, 3.05) is 5.32 Å². The number of hydrogen-bond donors (Lipinski definition) is 1. The van der Waals surface area contributed by atoms with Crippen molar-refractivity contribution < 1.29 is 0 Å². The topological polar surface area (TPSA) is 48.7 Å². The minimum Gasteiger partial charge on any atom is -0.381 e. The van der Waals surface area contributed by atoms with Crippen LogP contribution < -0.4 is 5.32 Å². The summed E-state index contributed by atoms with van der Waals surface area (Å²) in [4.78, 5) is 4.08. The van der Waals surface area contributed by atoms with Gasteiger partial charge in [0.05, 0.1) is 11.9 Å². The van der Waals surface area contributed by atoms with Crippen molar-refractivity contribution in [3.63, 3.8) is 0 Å². The molecule has 3 atom stereocenters. The van der Waals surface area contributed by atoms with Crippen molar-refractivity contribution in [3.8, 4) is 6.07 Å². The van der Waals surface area contributed by atoms with E-state index in [1.165, 1.54) is 19.3 Å². The highest BCUT2D eigenvalue weighted by molar-refractivity contribution is 5.43. The third-order valence-corrected chi connectivity index (χ3v) is 3.98. The van der Waals surface area contributed by atoms with E-state index in [1.54, 1.807) is 12.3 Å². The molecule has 0 aliphatic heterocycles. The van der Waals surface area contributed by atoms with Crippen LogP contribution in [0.4, 0.5) is 5.69 Å². The molecular formula is C14H19N3. The number of nitrogens with zero attached hydrogens (tertiary/aromatic N) is 2. The molecule has 0 saturated heterocycles. The van der Waals surface area contributed by atoms with Crippen LogP contribution in [0.1, 0.15) is 38.8 Å². The van der Waals surface area contributed by atoms with Gasteiger partial charge in [-0.1, -0.05) is 20.3 Å². The normalized spacial score (nSPS) is 27.7. The molecule has 2 rings (SSSR count). The summed E-state index contributed by atoms with van der Waals surface area (Å²) < 4.78 is 0. The lowest BCUT2D eigenvalue weighted by molar-refractivity contribution is 0.392. The number of nitriles is 1. The van der Waals surface area contributed by atoms with E-state index < -0.39 is 0 Å². The summed E-state index contributed by atoms with van der Waals surface area (Å²) in [5.74, 6) is 1.56. The molecule has 1 N–H and O–H groups in total. The van der Waals surface area contributed by atoms with Crippen LogP contribution in [0.5, 0.6) is 0 Å². The molecule has 3 unspecified atom stereocenters. The van der Waals surface area contributed by atoms with Crippen LogP contribution in [0.15, 0.2) is 18.3 Å². The van der Waals surface area contributed by atoms with Crippen LogP contribution in [0.2, 0.25) is 0 Å². The molecule has 1 saturated carbocycles. The Hall–Kier alpha value is -1.56. The molecular weight excluding hydrogens is 210 g/mol. The van der Waals surface area contributed by atoms with Gasteiger partial charge in [0.2, 0.25) is 0 Å². The molecule has 0 spiro atoms. The van der Waals surface area contributed by atoms with Crippen LogP contribution >= 0.6 is 0 Å². The summed E-state index contributed by atoms with van der Waals surface area (Å²) in [5, 5.41) is 12.2. The highest BCUT2D eigenvalue weighted by Gasteiger charge is 2.31. The maximum atomic E-state index is 8.69. The highest BCUT2D eigenvalue weighted by atomic mass is 14.9. The van der Waals surface area contributed by atoms with Gasteiger partial charge >= 0.3 is 0 Å². The first kappa shape index (κ1) is 11.9. The third-order valence-electron chi connectivity index (χ3n) is 3.98. The molecule has 0 aromatic carbocycles. The standard InChI is InChI=1S/C14H19N3/c1-3-11-4-7-14(10(11)2)17-13-6-5-12(8-15)16-9-13/h5-6,9-11,14,17H,3-4,7H2,1-2H3. The van der Waals surface area contributed by atoms with Gasteiger partial charge in [-0.2, -0.15) is 5.26 Å². The van der Waals surface area contributed by atoms with Gasteiger partial charge in [0, 0.05) is 6.04 Å². The molecule has 0 radical (unpaired) electrons. The average molecular weight is 229 g/mol. The van der Waals surface area contributed by atoms with Crippen molar-refractivity contribution >= 4 is 5.69 Å². The Kier molecular flexibility index (Phi) is 3.63. The molecule has 90 valence electrons. The number of anilines is 1. The molecule has 17 heavy (non-hydrogen) atoms. The Balaban J connectivity index is 1.99. The minimum atomic E-state index is 0.474. The largest absolute Gasteiger partial charge is 0.381 e. The first-order chi connectivity index (χ1) is 8.24. The van der Waals surface area contributed by atoms with Gasteiger partial charge < -0.3 is 5.32 Å². The van der Waals surface area contributed by atoms with E-state index in [9.17, 15) is 0 Å². The zero-order valence-corrected chi connectivity index (χ0v) is 10.5. The Bertz CT molecular complexity index is 404. The van der Waals surface area contributed by atoms with E-state index in [1.807, 2.05) is 12.1 Å². The number of aromatic nitrogens is 1. The van der Waals surface area contributed by atoms with Crippen molar-refractivity contribution in [3.05, 3.63) is 24.0 Å². The van der Waals surface area contributed by atoms with Crippen molar-refractivity contribution in [1.29, 1.82) is 5.26 Å². The Morgan fingerprint density at radius 2 is 2.29 bits per heavy atom. The molecule has 1 aromatic heterocycles. The predicted octanol–water partition coefficient (Wildman–Crippen LogP) is 3.19. The van der Waals surface area contributed by atoms with Crippen LogP contribution in [-0.2, 0) is 0 Å². The number of rotatable bonds is 3. The first-order valence-electron chi connectivity index (χ1n) is 6.37. The molecule has 1 aliphatic rings. The molecule has 1 aromatic rings. The first-order valence-corrected chi connectivity index (χ1v) is 6.37. The van der Waals surface area contributed by atoms with Gasteiger partial charge in [0.1, 0.15) is 11.8 Å². The molecule has 1 fully saturated rings. The Labute approximate surface area is 103 Å². The summed E-state index contributed by atoms with van der Waals surface area (Å²) in [6.07, 6.45) is 5.58. The van der Waals surface area contributed by atoms with Crippen molar-refractivity contribution in [1.82, 2.24) is 4.98 Å². The molecule has 1 aliphatic carbocycles. The van der Waals surface area contributed by atoms with Gasteiger partial charge in [-0.15, -0.1) is 0 Å². The molecule has 1 heterocycles. The van der Waals surface area contributed by atoms with Gasteiger partial charge in [-0.3, -0.25) is 0 Å². The zero-order valence-electron chi connectivity index (χ0n) is 10.5. The van der Waals surface area contributed by atoms with Gasteiger partial charge in [0.15, 0.2) is 0 Å². The summed E-state index contributed by atoms with van der Waals surface area (Å²) in [6, 6.07) is 6.29. The molecule has 0 amide bonds. The van der Waals surface area contributed by atoms with Crippen LogP contribution in [-0.4, -0.2) is 11.0 Å². The quantitative estimate of drug-likeness (QED) is 0.866. The van der Waals surface area contributed by atoms with Gasteiger partial charge in [0.25, 0.3) is 0 Å². The third kappa shape index (κ3) is 2.58. The summed E-state index contributed by atoms with van der Waals surface area (Å²) >= 11 is 0. The molecule has 0 bridgehead atoms. The lowest BCUT2D eigenvalue weighted by atomic mass is 9.93. The van der Waals surface area contributed by atoms with E-state index in [0.29, 0.717) is 11.7 Å². The second-order valence-corrected chi connectivity index (χ2v) is 4.90. The highest BCUT2D eigenvalue weighted by Crippen LogP contribution is 2.35. The zero-order chi connectivity index (χ0) is 12.3. The SMILES string of the molecule is CCC1CCC(Nc2ccc(C#N)nc2)C1C. The number of pyridine rings is 1. The smallest absolute Gasteiger partial charge is 0.140 e. The minimum absolute atomic E-state index is 0.474. The Morgan fingerprint density at radius 3 is 2.82 bits per heavy atom. The lowest BCUT2D eigenvalue weighted by Crippen LogP contribution is -2.24.